The number of aliphatic hydroxyl groups is 7. The average Bonchev–Trinajstić information content (AvgIpc) is 3.13. The molecule has 40 heavy (non-hydrogen) atoms. The van der Waals surface area contributed by atoms with Crippen molar-refractivity contribution in [2.75, 3.05) is 13.7 Å². The Kier molecular flexibility index (Phi) is 10.2. The number of nitrogens with zero attached hydrogens (tertiary/aromatic N) is 2. The van der Waals surface area contributed by atoms with Crippen LogP contribution in [-0.2, 0) is 23.7 Å². The Hall–Kier alpha value is -2.27. The van der Waals surface area contributed by atoms with Gasteiger partial charge in [0.1, 0.15) is 60.9 Å². The summed E-state index contributed by atoms with van der Waals surface area (Å²) >= 11 is 0. The van der Waals surface area contributed by atoms with E-state index in [4.69, 9.17) is 41.9 Å². The molecule has 15 atom stereocenters. The van der Waals surface area contributed by atoms with Crippen LogP contribution in [-0.4, -0.2) is 159 Å². The highest BCUT2D eigenvalue weighted by Gasteiger charge is 2.60. The molecule has 0 amide bonds. The second-order valence-electron chi connectivity index (χ2n) is 9.89. The predicted molar refractivity (Wildman–Crippen MR) is 133 cm³/mol. The lowest BCUT2D eigenvalue weighted by atomic mass is 9.81. The highest BCUT2D eigenvalue weighted by atomic mass is 16.8. The van der Waals surface area contributed by atoms with E-state index in [2.05, 4.69) is 15.3 Å². The van der Waals surface area contributed by atoms with Gasteiger partial charge in [0.15, 0.2) is 36.4 Å². The Morgan fingerprint density at radius 1 is 0.900 bits per heavy atom. The molecule has 0 bridgehead atoms. The largest absolute Gasteiger partial charge is 0.394 e. The number of nitrogens with one attached hydrogen (secondary N) is 1. The zero-order valence-electron chi connectivity index (χ0n) is 21.7. The lowest BCUT2D eigenvalue weighted by Crippen LogP contribution is -2.66. The SMILES string of the molecule is CN[C@@H]1[C@H](OC2[C@H](O[C@H]3[C@H](O)[C@@H](O)[C@H](N=C(N)N)[C@@H](O)[C@@H]3N=C(N)N)O[C@@H](C)[C@]2(O)C=O)O[C@@H](CO)[C@H](O)[C@H]1O. The van der Waals surface area contributed by atoms with E-state index in [9.17, 15) is 40.5 Å². The molecule has 0 aromatic heterocycles. The first-order chi connectivity index (χ1) is 18.7. The molecular formula is C21H39N7O12. The van der Waals surface area contributed by atoms with Crippen LogP contribution >= 0.6 is 0 Å². The first-order valence-corrected chi connectivity index (χ1v) is 12.4. The summed E-state index contributed by atoms with van der Waals surface area (Å²) in [6, 6.07) is -4.08. The number of carbonyl (C=O) groups is 1. The van der Waals surface area contributed by atoms with Gasteiger partial charge in [0.05, 0.1) is 18.8 Å². The topological polar surface area (TPSA) is 336 Å². The van der Waals surface area contributed by atoms with Crippen LogP contribution in [0.2, 0.25) is 0 Å². The number of rotatable bonds is 9. The summed E-state index contributed by atoms with van der Waals surface area (Å²) in [6.07, 6.45) is -17.3. The summed E-state index contributed by atoms with van der Waals surface area (Å²) in [4.78, 5) is 19.7. The summed E-state index contributed by atoms with van der Waals surface area (Å²) in [5, 5.41) is 76.6. The van der Waals surface area contributed by atoms with E-state index in [0.717, 1.165) is 0 Å². The highest BCUT2D eigenvalue weighted by Crippen LogP contribution is 2.38. The molecule has 1 unspecified atom stereocenters. The normalized spacial score (nSPS) is 47.4. The molecule has 19 nitrogen and oxygen atoms in total. The average molecular weight is 582 g/mol. The third kappa shape index (κ3) is 6.00. The molecule has 0 spiro atoms. The van der Waals surface area contributed by atoms with Gasteiger partial charge in [-0.25, -0.2) is 9.98 Å². The van der Waals surface area contributed by atoms with Crippen LogP contribution in [0.25, 0.3) is 0 Å². The van der Waals surface area contributed by atoms with Crippen LogP contribution in [0.5, 0.6) is 0 Å². The highest BCUT2D eigenvalue weighted by molar-refractivity contribution is 5.76. The van der Waals surface area contributed by atoms with Crippen LogP contribution in [0, 0.1) is 0 Å². The van der Waals surface area contributed by atoms with Gasteiger partial charge in [-0.3, -0.25) is 4.79 Å². The quantitative estimate of drug-likeness (QED) is 0.0682. The maximum absolute atomic E-state index is 12.1. The zero-order valence-corrected chi connectivity index (χ0v) is 21.7. The number of guanidine groups is 2. The fourth-order valence-corrected chi connectivity index (χ4v) is 5.08. The van der Waals surface area contributed by atoms with E-state index < -0.39 is 110 Å². The van der Waals surface area contributed by atoms with E-state index in [1.807, 2.05) is 0 Å². The van der Waals surface area contributed by atoms with Crippen molar-refractivity contribution in [1.29, 1.82) is 0 Å². The summed E-state index contributed by atoms with van der Waals surface area (Å²) in [6.45, 7) is 0.620. The molecule has 2 heterocycles. The summed E-state index contributed by atoms with van der Waals surface area (Å²) in [7, 11) is 1.42. The van der Waals surface area contributed by atoms with Gasteiger partial charge in [-0.05, 0) is 14.0 Å². The monoisotopic (exact) mass is 581 g/mol. The van der Waals surface area contributed by atoms with Crippen LogP contribution < -0.4 is 28.3 Å². The Bertz CT molecular complexity index is 940. The fourth-order valence-electron chi connectivity index (χ4n) is 5.08. The van der Waals surface area contributed by atoms with E-state index in [-0.39, 0.29) is 6.29 Å². The van der Waals surface area contributed by atoms with E-state index in [0.29, 0.717) is 0 Å². The van der Waals surface area contributed by atoms with Crippen molar-refractivity contribution in [3.8, 4) is 0 Å². The number of aliphatic hydroxyl groups excluding tert-OH is 6. The van der Waals surface area contributed by atoms with Crippen molar-refractivity contribution < 1.29 is 59.5 Å². The van der Waals surface area contributed by atoms with Crippen LogP contribution in [0.4, 0.5) is 0 Å². The Morgan fingerprint density at radius 2 is 1.50 bits per heavy atom. The van der Waals surface area contributed by atoms with Crippen molar-refractivity contribution in [3.05, 3.63) is 0 Å². The minimum atomic E-state index is -2.38. The second kappa shape index (κ2) is 12.7. The molecule has 1 aliphatic carbocycles. The summed E-state index contributed by atoms with van der Waals surface area (Å²) in [5.41, 5.74) is 19.4. The molecule has 230 valence electrons. The van der Waals surface area contributed by atoms with Crippen LogP contribution in [0.3, 0.4) is 0 Å². The third-order valence-electron chi connectivity index (χ3n) is 7.34. The number of ether oxygens (including phenoxy) is 4. The minimum Gasteiger partial charge on any atom is -0.394 e. The molecule has 2 saturated heterocycles. The van der Waals surface area contributed by atoms with Crippen LogP contribution in [0.1, 0.15) is 6.92 Å². The Morgan fingerprint density at radius 3 is 2.02 bits per heavy atom. The zero-order chi connectivity index (χ0) is 30.1. The van der Waals surface area contributed by atoms with Gasteiger partial charge < -0.3 is 82.9 Å². The van der Waals surface area contributed by atoms with Crippen LogP contribution in [0.15, 0.2) is 9.98 Å². The molecule has 3 aliphatic rings. The van der Waals surface area contributed by atoms with Crippen molar-refractivity contribution in [1.82, 2.24) is 5.32 Å². The maximum Gasteiger partial charge on any atom is 0.188 e. The number of aliphatic imine (C=N–C) groups is 2. The van der Waals surface area contributed by atoms with Crippen molar-refractivity contribution in [2.24, 2.45) is 32.9 Å². The maximum atomic E-state index is 12.1. The number of carbonyl (C=O) groups excluding carboxylic acids is 1. The number of likely N-dealkylation sites (N-methyl/N-ethyl adjacent to an activating group) is 1. The van der Waals surface area contributed by atoms with Gasteiger partial charge in [-0.2, -0.15) is 0 Å². The van der Waals surface area contributed by atoms with Gasteiger partial charge in [-0.1, -0.05) is 0 Å². The van der Waals surface area contributed by atoms with Gasteiger partial charge in [0, 0.05) is 0 Å². The van der Waals surface area contributed by atoms with Crippen molar-refractivity contribution in [2.45, 2.75) is 98.2 Å². The second-order valence-corrected chi connectivity index (χ2v) is 9.89. The number of hydrogen-bond acceptors (Lipinski definition) is 15. The number of nitrogens with two attached hydrogens (primary N) is 4. The molecule has 16 N–H and O–H groups in total. The molecule has 0 aromatic carbocycles. The number of aldehydes is 1. The minimum absolute atomic E-state index is 0.140. The summed E-state index contributed by atoms with van der Waals surface area (Å²) < 4.78 is 22.9. The Labute approximate surface area is 228 Å². The van der Waals surface area contributed by atoms with Gasteiger partial charge in [0.2, 0.25) is 0 Å². The van der Waals surface area contributed by atoms with Crippen molar-refractivity contribution >= 4 is 18.2 Å². The third-order valence-corrected chi connectivity index (χ3v) is 7.34. The summed E-state index contributed by atoms with van der Waals surface area (Å²) in [5.74, 6) is -1.03. The van der Waals surface area contributed by atoms with Crippen molar-refractivity contribution in [3.63, 3.8) is 0 Å². The molecule has 19 heteroatoms. The van der Waals surface area contributed by atoms with Gasteiger partial charge >= 0.3 is 0 Å². The Balaban J connectivity index is 1.96. The molecule has 3 fully saturated rings. The van der Waals surface area contributed by atoms with E-state index in [1.165, 1.54) is 14.0 Å². The number of hydrogen-bond donors (Lipinski definition) is 12. The first-order valence-electron chi connectivity index (χ1n) is 12.4. The lowest BCUT2D eigenvalue weighted by Gasteiger charge is -2.45. The molecular weight excluding hydrogens is 542 g/mol. The molecule has 2 aliphatic heterocycles. The van der Waals surface area contributed by atoms with E-state index >= 15 is 0 Å². The van der Waals surface area contributed by atoms with Gasteiger partial charge in [0.25, 0.3) is 0 Å². The molecule has 0 radical (unpaired) electrons. The van der Waals surface area contributed by atoms with E-state index in [1.54, 1.807) is 0 Å². The molecule has 1 saturated carbocycles. The molecule has 0 aromatic rings. The predicted octanol–water partition coefficient (Wildman–Crippen LogP) is -8.16. The fraction of sp³-hybridized carbons (Fsp3) is 0.857. The molecule has 3 rings (SSSR count). The lowest BCUT2D eigenvalue weighted by molar-refractivity contribution is -0.314. The standard InChI is InChI=1S/C21H39N7O12/c1-5-21(36,4-30)16(40-17-9(26-2)13(34)10(31)6(3-29)38-17)18(37-5)39-15-8(28-20(24)25)11(32)7(27-19(22)23)12(33)14(15)35/h4-18,26,29,31-36H,3H2,1-2H3,(H4,22,23,27)(H4,24,25,28)/t5-,6-,7+,8-,9-,10-,11+,12-,13-,14+,15+,16?,17-,18-,21+/m0/s1. The smallest absolute Gasteiger partial charge is 0.188 e. The first kappa shape index (κ1) is 32.2. The van der Waals surface area contributed by atoms with Gasteiger partial charge in [-0.15, -0.1) is 0 Å².